The molecule has 28 heavy (non-hydrogen) atoms. The molecule has 0 aliphatic carbocycles. The molecule has 144 valence electrons. The Hall–Kier alpha value is -2.95. The van der Waals surface area contributed by atoms with Crippen molar-refractivity contribution < 1.29 is 4.79 Å². The van der Waals surface area contributed by atoms with Crippen LogP contribution in [0.4, 0.5) is 5.69 Å². The van der Waals surface area contributed by atoms with Crippen LogP contribution in [0.25, 0.3) is 10.9 Å². The SMILES string of the molecule is Cc1cc(C)cc(NC(=O)c2ccc3c(=O)n4c(nc3c2)CCCCCC4)c1. The first-order chi connectivity index (χ1) is 13.5. The van der Waals surface area contributed by atoms with E-state index in [2.05, 4.69) is 11.4 Å². The molecule has 0 bridgehead atoms. The van der Waals surface area contributed by atoms with Crippen molar-refractivity contribution in [3.63, 3.8) is 0 Å². The van der Waals surface area contributed by atoms with Crippen molar-refractivity contribution in [1.82, 2.24) is 9.55 Å². The average molecular weight is 375 g/mol. The van der Waals surface area contributed by atoms with E-state index in [-0.39, 0.29) is 11.5 Å². The minimum atomic E-state index is -0.194. The molecule has 0 fully saturated rings. The molecule has 2 aromatic carbocycles. The van der Waals surface area contributed by atoms with Crippen molar-refractivity contribution in [2.45, 2.75) is 52.5 Å². The Kier molecular flexibility index (Phi) is 4.99. The molecule has 1 N–H and O–H groups in total. The van der Waals surface area contributed by atoms with E-state index in [1.165, 1.54) is 6.42 Å². The first kappa shape index (κ1) is 18.4. The molecule has 0 saturated carbocycles. The predicted octanol–water partition coefficient (Wildman–Crippen LogP) is 4.38. The second-order valence-corrected chi connectivity index (χ2v) is 7.71. The standard InChI is InChI=1S/C23H25N3O2/c1-15-11-16(2)13-18(12-15)24-22(27)17-8-9-19-20(14-17)25-21-7-5-3-4-6-10-26(21)23(19)28/h8-9,11-14H,3-7,10H2,1-2H3,(H,24,27). The number of nitrogens with zero attached hydrogens (tertiary/aromatic N) is 2. The van der Waals surface area contributed by atoms with Crippen LogP contribution in [-0.4, -0.2) is 15.5 Å². The van der Waals surface area contributed by atoms with Crippen molar-refractivity contribution >= 4 is 22.5 Å². The summed E-state index contributed by atoms with van der Waals surface area (Å²) in [5.41, 5.74) is 4.08. The summed E-state index contributed by atoms with van der Waals surface area (Å²) < 4.78 is 1.82. The van der Waals surface area contributed by atoms with Crippen LogP contribution in [0.5, 0.6) is 0 Å². The zero-order chi connectivity index (χ0) is 19.7. The topological polar surface area (TPSA) is 64.0 Å². The zero-order valence-electron chi connectivity index (χ0n) is 16.4. The minimum Gasteiger partial charge on any atom is -0.322 e. The Morgan fingerprint density at radius 1 is 1.00 bits per heavy atom. The summed E-state index contributed by atoms with van der Waals surface area (Å²) in [5.74, 6) is 0.643. The van der Waals surface area contributed by atoms with Gasteiger partial charge in [-0.15, -0.1) is 0 Å². The lowest BCUT2D eigenvalue weighted by molar-refractivity contribution is 0.102. The number of anilines is 1. The van der Waals surface area contributed by atoms with Crippen LogP contribution in [-0.2, 0) is 13.0 Å². The number of benzene rings is 2. The Labute approximate surface area is 164 Å². The van der Waals surface area contributed by atoms with Crippen LogP contribution in [0, 0.1) is 13.8 Å². The van der Waals surface area contributed by atoms with Gasteiger partial charge in [0.1, 0.15) is 5.82 Å². The molecular weight excluding hydrogens is 350 g/mol. The second kappa shape index (κ2) is 7.58. The Bertz CT molecular complexity index is 1090. The highest BCUT2D eigenvalue weighted by molar-refractivity contribution is 6.06. The minimum absolute atomic E-state index is 0.00293. The lowest BCUT2D eigenvalue weighted by atomic mass is 10.1. The number of fused-ring (bicyclic) bond motifs is 2. The number of aromatic nitrogens is 2. The fourth-order valence-electron chi connectivity index (χ4n) is 3.99. The maximum Gasteiger partial charge on any atom is 0.261 e. The van der Waals surface area contributed by atoms with Gasteiger partial charge >= 0.3 is 0 Å². The number of carbonyl (C=O) groups is 1. The lowest BCUT2D eigenvalue weighted by Crippen LogP contribution is -2.26. The maximum atomic E-state index is 12.9. The van der Waals surface area contributed by atoms with E-state index in [4.69, 9.17) is 4.98 Å². The highest BCUT2D eigenvalue weighted by atomic mass is 16.1. The summed E-state index contributed by atoms with van der Waals surface area (Å²) in [6, 6.07) is 11.1. The van der Waals surface area contributed by atoms with Gasteiger partial charge in [0.05, 0.1) is 10.9 Å². The van der Waals surface area contributed by atoms with E-state index < -0.39 is 0 Å². The monoisotopic (exact) mass is 375 g/mol. The second-order valence-electron chi connectivity index (χ2n) is 7.71. The first-order valence-electron chi connectivity index (χ1n) is 9.94. The Morgan fingerprint density at radius 2 is 1.75 bits per heavy atom. The maximum absolute atomic E-state index is 12.9. The fraction of sp³-hybridized carbons (Fsp3) is 0.348. The van der Waals surface area contributed by atoms with E-state index in [0.717, 1.165) is 54.9 Å². The Morgan fingerprint density at radius 3 is 2.54 bits per heavy atom. The molecule has 0 radical (unpaired) electrons. The third kappa shape index (κ3) is 3.70. The summed E-state index contributed by atoms with van der Waals surface area (Å²) in [6.45, 7) is 4.74. The van der Waals surface area contributed by atoms with Crippen LogP contribution in [0.15, 0.2) is 41.2 Å². The Balaban J connectivity index is 1.69. The molecular formula is C23H25N3O2. The van der Waals surface area contributed by atoms with Crippen LogP contribution in [0.3, 0.4) is 0 Å². The van der Waals surface area contributed by atoms with E-state index in [1.54, 1.807) is 18.2 Å². The van der Waals surface area contributed by atoms with Gasteiger partial charge in [-0.2, -0.15) is 0 Å². The quantitative estimate of drug-likeness (QED) is 0.723. The zero-order valence-corrected chi connectivity index (χ0v) is 16.4. The van der Waals surface area contributed by atoms with Crippen LogP contribution in [0.1, 0.15) is 53.0 Å². The smallest absolute Gasteiger partial charge is 0.261 e. The van der Waals surface area contributed by atoms with Gasteiger partial charge in [-0.25, -0.2) is 4.98 Å². The number of hydrogen-bond donors (Lipinski definition) is 1. The number of rotatable bonds is 2. The molecule has 1 aliphatic rings. The largest absolute Gasteiger partial charge is 0.322 e. The number of nitrogens with one attached hydrogen (secondary N) is 1. The van der Waals surface area contributed by atoms with Gasteiger partial charge in [0.25, 0.3) is 11.5 Å². The number of carbonyl (C=O) groups excluding carboxylic acids is 1. The average Bonchev–Trinajstić information content (AvgIpc) is 2.62. The van der Waals surface area contributed by atoms with Gasteiger partial charge in [-0.05, 0) is 68.1 Å². The first-order valence-corrected chi connectivity index (χ1v) is 9.94. The molecule has 3 aromatic rings. The third-order valence-electron chi connectivity index (χ3n) is 5.31. The highest BCUT2D eigenvalue weighted by Gasteiger charge is 2.15. The van der Waals surface area contributed by atoms with E-state index in [0.29, 0.717) is 16.5 Å². The van der Waals surface area contributed by atoms with Gasteiger partial charge in [-0.3, -0.25) is 14.2 Å². The molecule has 1 aliphatic heterocycles. The number of amides is 1. The van der Waals surface area contributed by atoms with Gasteiger partial charge < -0.3 is 5.32 Å². The predicted molar refractivity (Wildman–Crippen MR) is 112 cm³/mol. The van der Waals surface area contributed by atoms with Gasteiger partial charge in [0, 0.05) is 24.2 Å². The van der Waals surface area contributed by atoms with Crippen molar-refractivity contribution in [2.75, 3.05) is 5.32 Å². The molecule has 2 heterocycles. The molecule has 0 atom stereocenters. The molecule has 0 saturated heterocycles. The lowest BCUT2D eigenvalue weighted by Gasteiger charge is -2.16. The van der Waals surface area contributed by atoms with Crippen molar-refractivity contribution in [3.8, 4) is 0 Å². The van der Waals surface area contributed by atoms with E-state index in [1.807, 2.05) is 30.5 Å². The van der Waals surface area contributed by atoms with E-state index >= 15 is 0 Å². The molecule has 5 nitrogen and oxygen atoms in total. The van der Waals surface area contributed by atoms with E-state index in [9.17, 15) is 9.59 Å². The number of aryl methyl sites for hydroxylation is 3. The van der Waals surface area contributed by atoms with Gasteiger partial charge in [0.15, 0.2) is 0 Å². The van der Waals surface area contributed by atoms with Crippen LogP contribution < -0.4 is 10.9 Å². The summed E-state index contributed by atoms with van der Waals surface area (Å²) in [5, 5.41) is 3.53. The third-order valence-corrected chi connectivity index (χ3v) is 5.31. The van der Waals surface area contributed by atoms with Crippen molar-refractivity contribution in [1.29, 1.82) is 0 Å². The molecule has 4 rings (SSSR count). The normalized spacial score (nSPS) is 14.2. The summed E-state index contributed by atoms with van der Waals surface area (Å²) >= 11 is 0. The molecule has 5 heteroatoms. The molecule has 0 spiro atoms. The highest BCUT2D eigenvalue weighted by Crippen LogP contribution is 2.18. The van der Waals surface area contributed by atoms with Gasteiger partial charge in [-0.1, -0.05) is 18.9 Å². The molecule has 1 amide bonds. The molecule has 0 unspecified atom stereocenters. The summed E-state index contributed by atoms with van der Waals surface area (Å²) in [6.07, 6.45) is 5.19. The fourth-order valence-corrected chi connectivity index (χ4v) is 3.99. The molecule has 1 aromatic heterocycles. The summed E-state index contributed by atoms with van der Waals surface area (Å²) in [4.78, 5) is 30.4. The van der Waals surface area contributed by atoms with Crippen molar-refractivity contribution in [2.24, 2.45) is 0 Å². The van der Waals surface area contributed by atoms with Gasteiger partial charge in [0.2, 0.25) is 0 Å². The van der Waals surface area contributed by atoms with Crippen LogP contribution in [0.2, 0.25) is 0 Å². The summed E-state index contributed by atoms with van der Waals surface area (Å²) in [7, 11) is 0. The number of hydrogen-bond acceptors (Lipinski definition) is 3. The van der Waals surface area contributed by atoms with Crippen molar-refractivity contribution in [3.05, 3.63) is 69.3 Å². The van der Waals surface area contributed by atoms with Crippen LogP contribution >= 0.6 is 0 Å².